The second-order valence-electron chi connectivity index (χ2n) is 4.41. The fourth-order valence-electron chi connectivity index (χ4n) is 1.85. The molecular formula is C11H20N4O2. The van der Waals surface area contributed by atoms with Gasteiger partial charge in [-0.2, -0.15) is 4.98 Å². The Hall–Kier alpha value is -0.980. The zero-order chi connectivity index (χ0) is 12.1. The van der Waals surface area contributed by atoms with Crippen LogP contribution in [0.3, 0.4) is 0 Å². The first-order valence-corrected chi connectivity index (χ1v) is 6.12. The number of hydrogen-bond acceptors (Lipinski definition) is 6. The van der Waals surface area contributed by atoms with E-state index in [1.807, 2.05) is 0 Å². The van der Waals surface area contributed by atoms with Crippen LogP contribution >= 0.6 is 0 Å². The van der Waals surface area contributed by atoms with Crippen LogP contribution in [0.2, 0.25) is 0 Å². The van der Waals surface area contributed by atoms with Crippen molar-refractivity contribution < 1.29 is 9.26 Å². The largest absolute Gasteiger partial charge is 0.367 e. The van der Waals surface area contributed by atoms with Crippen LogP contribution in [0.25, 0.3) is 0 Å². The van der Waals surface area contributed by atoms with Gasteiger partial charge in [0.05, 0.1) is 6.61 Å². The SMILES string of the molecule is CN1CCOC(c2noc(CCCCN)n2)C1. The number of ether oxygens (including phenoxy) is 1. The van der Waals surface area contributed by atoms with Crippen molar-refractivity contribution in [2.75, 3.05) is 33.3 Å². The quantitative estimate of drug-likeness (QED) is 0.748. The van der Waals surface area contributed by atoms with Crippen LogP contribution in [0.15, 0.2) is 4.52 Å². The van der Waals surface area contributed by atoms with Gasteiger partial charge in [-0.3, -0.25) is 0 Å². The van der Waals surface area contributed by atoms with Crippen LogP contribution in [0.5, 0.6) is 0 Å². The van der Waals surface area contributed by atoms with Crippen molar-refractivity contribution in [1.82, 2.24) is 15.0 Å². The maximum Gasteiger partial charge on any atom is 0.226 e. The number of morpholine rings is 1. The molecule has 0 saturated carbocycles. The molecule has 2 heterocycles. The fourth-order valence-corrected chi connectivity index (χ4v) is 1.85. The summed E-state index contributed by atoms with van der Waals surface area (Å²) in [4.78, 5) is 6.58. The Morgan fingerprint density at radius 3 is 3.12 bits per heavy atom. The highest BCUT2D eigenvalue weighted by atomic mass is 16.5. The van der Waals surface area contributed by atoms with Crippen molar-refractivity contribution in [3.8, 4) is 0 Å². The Kier molecular flexibility index (Phi) is 4.47. The molecule has 1 saturated heterocycles. The first-order valence-electron chi connectivity index (χ1n) is 6.12. The third-order valence-corrected chi connectivity index (χ3v) is 2.89. The Morgan fingerprint density at radius 1 is 1.47 bits per heavy atom. The van der Waals surface area contributed by atoms with Crippen molar-refractivity contribution in [3.05, 3.63) is 11.7 Å². The van der Waals surface area contributed by atoms with Gasteiger partial charge in [0.15, 0.2) is 0 Å². The molecule has 1 aliphatic rings. The number of nitrogens with two attached hydrogens (primary N) is 1. The van der Waals surface area contributed by atoms with E-state index in [9.17, 15) is 0 Å². The van der Waals surface area contributed by atoms with Gasteiger partial charge in [0, 0.05) is 19.5 Å². The van der Waals surface area contributed by atoms with Crippen molar-refractivity contribution in [3.63, 3.8) is 0 Å². The van der Waals surface area contributed by atoms with Gasteiger partial charge >= 0.3 is 0 Å². The molecule has 0 amide bonds. The highest BCUT2D eigenvalue weighted by molar-refractivity contribution is 4.93. The van der Waals surface area contributed by atoms with E-state index in [0.717, 1.165) is 39.0 Å². The lowest BCUT2D eigenvalue weighted by Crippen LogP contribution is -2.35. The molecule has 0 radical (unpaired) electrons. The molecule has 6 nitrogen and oxygen atoms in total. The van der Waals surface area contributed by atoms with Gasteiger partial charge < -0.3 is 19.9 Å². The molecule has 1 unspecified atom stereocenters. The van der Waals surface area contributed by atoms with Gasteiger partial charge in [0.2, 0.25) is 11.7 Å². The number of aryl methyl sites for hydroxylation is 1. The molecule has 1 aliphatic heterocycles. The molecule has 2 rings (SSSR count). The first-order chi connectivity index (χ1) is 8.29. The predicted molar refractivity (Wildman–Crippen MR) is 62.5 cm³/mol. The van der Waals surface area contributed by atoms with Crippen LogP contribution in [0, 0.1) is 0 Å². The van der Waals surface area contributed by atoms with E-state index < -0.39 is 0 Å². The van der Waals surface area contributed by atoms with Crippen molar-refractivity contribution in [2.24, 2.45) is 5.73 Å². The molecule has 0 spiro atoms. The smallest absolute Gasteiger partial charge is 0.226 e. The van der Waals surface area contributed by atoms with E-state index >= 15 is 0 Å². The summed E-state index contributed by atoms with van der Waals surface area (Å²) in [6.45, 7) is 3.20. The predicted octanol–water partition coefficient (Wildman–Crippen LogP) is 0.354. The van der Waals surface area contributed by atoms with Gasteiger partial charge in [-0.15, -0.1) is 0 Å². The minimum atomic E-state index is -0.0549. The Bertz CT molecular complexity index is 342. The number of nitrogens with zero attached hydrogens (tertiary/aromatic N) is 3. The van der Waals surface area contributed by atoms with Crippen LogP contribution in [0.4, 0.5) is 0 Å². The summed E-state index contributed by atoms with van der Waals surface area (Å²) in [5.41, 5.74) is 5.44. The Morgan fingerprint density at radius 2 is 2.35 bits per heavy atom. The zero-order valence-electron chi connectivity index (χ0n) is 10.3. The number of hydrogen-bond donors (Lipinski definition) is 1. The highest BCUT2D eigenvalue weighted by Crippen LogP contribution is 2.19. The van der Waals surface area contributed by atoms with Crippen molar-refractivity contribution in [1.29, 1.82) is 0 Å². The molecule has 17 heavy (non-hydrogen) atoms. The fraction of sp³-hybridized carbons (Fsp3) is 0.818. The second-order valence-corrected chi connectivity index (χ2v) is 4.41. The van der Waals surface area contributed by atoms with Crippen molar-refractivity contribution in [2.45, 2.75) is 25.4 Å². The molecule has 1 aromatic heterocycles. The summed E-state index contributed by atoms with van der Waals surface area (Å²) in [7, 11) is 2.07. The highest BCUT2D eigenvalue weighted by Gasteiger charge is 2.24. The standard InChI is InChI=1S/C11H20N4O2/c1-15-6-7-16-9(8-15)11-13-10(17-14-11)4-2-3-5-12/h9H,2-8,12H2,1H3. The lowest BCUT2D eigenvalue weighted by molar-refractivity contribution is -0.0264. The third-order valence-electron chi connectivity index (χ3n) is 2.89. The van der Waals surface area contributed by atoms with Gasteiger partial charge in [-0.05, 0) is 26.4 Å². The van der Waals surface area contributed by atoms with Crippen molar-refractivity contribution >= 4 is 0 Å². The zero-order valence-corrected chi connectivity index (χ0v) is 10.3. The van der Waals surface area contributed by atoms with Gasteiger partial charge in [-0.1, -0.05) is 5.16 Å². The summed E-state index contributed by atoms with van der Waals surface area (Å²) in [6.07, 6.45) is 2.72. The second kappa shape index (κ2) is 6.09. The van der Waals surface area contributed by atoms with E-state index in [1.54, 1.807) is 0 Å². The van der Waals surface area contributed by atoms with E-state index in [1.165, 1.54) is 0 Å². The minimum Gasteiger partial charge on any atom is -0.367 e. The lowest BCUT2D eigenvalue weighted by Gasteiger charge is -2.27. The molecule has 2 N–H and O–H groups in total. The number of likely N-dealkylation sites (N-methyl/N-ethyl adjacent to an activating group) is 1. The Balaban J connectivity index is 1.88. The van der Waals surface area contributed by atoms with Gasteiger partial charge in [0.1, 0.15) is 6.10 Å². The molecule has 1 atom stereocenters. The number of aromatic nitrogens is 2. The summed E-state index contributed by atoms with van der Waals surface area (Å²) >= 11 is 0. The topological polar surface area (TPSA) is 77.4 Å². The van der Waals surface area contributed by atoms with E-state index in [-0.39, 0.29) is 6.10 Å². The molecule has 1 aromatic rings. The normalized spacial score (nSPS) is 21.9. The summed E-state index contributed by atoms with van der Waals surface area (Å²) in [5, 5.41) is 3.98. The lowest BCUT2D eigenvalue weighted by atomic mass is 10.2. The van der Waals surface area contributed by atoms with Gasteiger partial charge in [0.25, 0.3) is 0 Å². The molecule has 0 aliphatic carbocycles. The summed E-state index contributed by atoms with van der Waals surface area (Å²) < 4.78 is 10.8. The average molecular weight is 240 g/mol. The molecular weight excluding hydrogens is 220 g/mol. The molecule has 0 aromatic carbocycles. The van der Waals surface area contributed by atoms with E-state index in [2.05, 4.69) is 22.1 Å². The summed E-state index contributed by atoms with van der Waals surface area (Å²) in [6, 6.07) is 0. The van der Waals surface area contributed by atoms with Crippen LogP contribution in [-0.2, 0) is 11.2 Å². The maximum atomic E-state index is 5.63. The Labute approximate surface area is 101 Å². The maximum absolute atomic E-state index is 5.63. The summed E-state index contributed by atoms with van der Waals surface area (Å²) in [5.74, 6) is 1.35. The number of unbranched alkanes of at least 4 members (excludes halogenated alkanes) is 1. The molecule has 6 heteroatoms. The molecule has 96 valence electrons. The first kappa shape index (κ1) is 12.5. The third kappa shape index (κ3) is 3.49. The van der Waals surface area contributed by atoms with Crippen LogP contribution in [0.1, 0.15) is 30.7 Å². The van der Waals surface area contributed by atoms with Crippen LogP contribution < -0.4 is 5.73 Å². The molecule has 1 fully saturated rings. The monoisotopic (exact) mass is 240 g/mol. The van der Waals surface area contributed by atoms with E-state index in [4.69, 9.17) is 15.0 Å². The minimum absolute atomic E-state index is 0.0549. The van der Waals surface area contributed by atoms with E-state index in [0.29, 0.717) is 18.3 Å². The van der Waals surface area contributed by atoms with Crippen LogP contribution in [-0.4, -0.2) is 48.3 Å². The average Bonchev–Trinajstić information content (AvgIpc) is 2.78. The molecule has 0 bridgehead atoms. The number of rotatable bonds is 5. The van der Waals surface area contributed by atoms with Gasteiger partial charge in [-0.25, -0.2) is 0 Å².